The first-order valence-corrected chi connectivity index (χ1v) is 7.76. The lowest BCUT2D eigenvalue weighted by molar-refractivity contribution is 0.0610. The smallest absolute Gasteiger partial charge is 0.274 e. The minimum absolute atomic E-state index is 0.00812. The molecular formula is C15H27N5O. The van der Waals surface area contributed by atoms with Gasteiger partial charge in [-0.1, -0.05) is 0 Å². The van der Waals surface area contributed by atoms with Crippen LogP contribution < -0.4 is 5.73 Å². The van der Waals surface area contributed by atoms with E-state index < -0.39 is 0 Å². The molecule has 2 rings (SSSR count). The van der Waals surface area contributed by atoms with Crippen LogP contribution in [-0.4, -0.2) is 64.0 Å². The number of rotatable bonds is 5. The summed E-state index contributed by atoms with van der Waals surface area (Å²) in [6, 6.07) is 0.895. The van der Waals surface area contributed by atoms with Crippen molar-refractivity contribution in [2.24, 2.45) is 5.73 Å². The van der Waals surface area contributed by atoms with Gasteiger partial charge < -0.3 is 20.1 Å². The van der Waals surface area contributed by atoms with Crippen molar-refractivity contribution >= 4 is 5.91 Å². The Morgan fingerprint density at radius 1 is 1.48 bits per heavy atom. The van der Waals surface area contributed by atoms with Gasteiger partial charge in [0.05, 0.1) is 6.33 Å². The minimum Gasteiger partial charge on any atom is -0.337 e. The fourth-order valence-corrected chi connectivity index (χ4v) is 2.88. The highest BCUT2D eigenvalue weighted by Crippen LogP contribution is 2.18. The molecule has 2 N–H and O–H groups in total. The largest absolute Gasteiger partial charge is 0.337 e. The molecule has 1 aliphatic rings. The number of nitrogens with two attached hydrogens (primary N) is 1. The van der Waals surface area contributed by atoms with Crippen molar-refractivity contribution in [3.63, 3.8) is 0 Å². The zero-order chi connectivity index (χ0) is 15.4. The Bertz CT molecular complexity index is 462. The molecule has 21 heavy (non-hydrogen) atoms. The van der Waals surface area contributed by atoms with Crippen molar-refractivity contribution in [3.05, 3.63) is 18.2 Å². The summed E-state index contributed by atoms with van der Waals surface area (Å²) in [6.07, 6.45) is 5.53. The molecule has 0 spiro atoms. The van der Waals surface area contributed by atoms with Gasteiger partial charge in [-0.3, -0.25) is 4.79 Å². The lowest BCUT2D eigenvalue weighted by Crippen LogP contribution is -2.47. The Balaban J connectivity index is 1.93. The molecule has 118 valence electrons. The maximum atomic E-state index is 12.5. The predicted molar refractivity (Wildman–Crippen MR) is 83.1 cm³/mol. The molecule has 0 aromatic carbocycles. The summed E-state index contributed by atoms with van der Waals surface area (Å²) in [4.78, 5) is 21.0. The fourth-order valence-electron chi connectivity index (χ4n) is 2.88. The summed E-state index contributed by atoms with van der Waals surface area (Å²) < 4.78 is 1.86. The van der Waals surface area contributed by atoms with Crippen LogP contribution in [0.2, 0.25) is 0 Å². The quantitative estimate of drug-likeness (QED) is 0.871. The first kappa shape index (κ1) is 16.0. The number of hydrogen-bond donors (Lipinski definition) is 1. The number of nitrogens with zero attached hydrogens (tertiary/aromatic N) is 4. The highest BCUT2D eigenvalue weighted by atomic mass is 16.2. The zero-order valence-electron chi connectivity index (χ0n) is 13.3. The van der Waals surface area contributed by atoms with Gasteiger partial charge in [0, 0.05) is 51.5 Å². The van der Waals surface area contributed by atoms with Crippen LogP contribution in [-0.2, 0) is 6.54 Å². The molecule has 6 heteroatoms. The number of piperidine rings is 1. The van der Waals surface area contributed by atoms with Crippen LogP contribution in [0.3, 0.4) is 0 Å². The molecule has 1 aliphatic heterocycles. The summed E-state index contributed by atoms with van der Waals surface area (Å²) in [5.74, 6) is 0.00812. The molecule has 1 aromatic rings. The molecule has 1 saturated heterocycles. The highest BCUT2D eigenvalue weighted by molar-refractivity contribution is 5.92. The van der Waals surface area contributed by atoms with E-state index in [1.807, 2.05) is 16.5 Å². The van der Waals surface area contributed by atoms with Crippen molar-refractivity contribution in [3.8, 4) is 0 Å². The maximum Gasteiger partial charge on any atom is 0.274 e. The molecule has 1 fully saturated rings. The lowest BCUT2D eigenvalue weighted by Gasteiger charge is -2.38. The monoisotopic (exact) mass is 293 g/mol. The number of imidazole rings is 1. The van der Waals surface area contributed by atoms with E-state index in [2.05, 4.69) is 23.7 Å². The standard InChI is InChI=1S/C15H27N5O/c1-12(2)20-7-4-13(5-8-20)18(3)15(21)14-10-19(9-6-16)11-17-14/h10-13H,4-9,16H2,1-3H3. The highest BCUT2D eigenvalue weighted by Gasteiger charge is 2.27. The van der Waals surface area contributed by atoms with E-state index in [0.717, 1.165) is 25.9 Å². The topological polar surface area (TPSA) is 67.4 Å². The number of carbonyl (C=O) groups is 1. The van der Waals surface area contributed by atoms with E-state index in [1.54, 1.807) is 12.5 Å². The summed E-state index contributed by atoms with van der Waals surface area (Å²) in [7, 11) is 1.89. The summed E-state index contributed by atoms with van der Waals surface area (Å²) in [6.45, 7) is 7.80. The van der Waals surface area contributed by atoms with Gasteiger partial charge in [0.1, 0.15) is 5.69 Å². The molecular weight excluding hydrogens is 266 g/mol. The Morgan fingerprint density at radius 2 is 2.14 bits per heavy atom. The SMILES string of the molecule is CC(C)N1CCC(N(C)C(=O)c2cn(CCN)cn2)CC1. The van der Waals surface area contributed by atoms with E-state index in [9.17, 15) is 4.79 Å². The Labute approximate surface area is 126 Å². The lowest BCUT2D eigenvalue weighted by atomic mass is 10.0. The second-order valence-corrected chi connectivity index (χ2v) is 6.06. The number of carbonyl (C=O) groups excluding carboxylic acids is 1. The van der Waals surface area contributed by atoms with Crippen molar-refractivity contribution in [2.75, 3.05) is 26.7 Å². The van der Waals surface area contributed by atoms with Crippen LogP contribution >= 0.6 is 0 Å². The van der Waals surface area contributed by atoms with Crippen LogP contribution in [0, 0.1) is 0 Å². The van der Waals surface area contributed by atoms with Gasteiger partial charge in [0.2, 0.25) is 0 Å². The number of hydrogen-bond acceptors (Lipinski definition) is 4. The fraction of sp³-hybridized carbons (Fsp3) is 0.733. The van der Waals surface area contributed by atoms with Crippen LogP contribution in [0.4, 0.5) is 0 Å². The Hall–Kier alpha value is -1.40. The van der Waals surface area contributed by atoms with Crippen molar-refractivity contribution < 1.29 is 4.79 Å². The van der Waals surface area contributed by atoms with Gasteiger partial charge in [0.15, 0.2) is 0 Å². The van der Waals surface area contributed by atoms with Gasteiger partial charge in [0.25, 0.3) is 5.91 Å². The molecule has 1 aromatic heterocycles. The van der Waals surface area contributed by atoms with E-state index in [4.69, 9.17) is 5.73 Å². The summed E-state index contributed by atoms with van der Waals surface area (Å²) in [5, 5.41) is 0. The molecule has 0 unspecified atom stereocenters. The maximum absolute atomic E-state index is 12.5. The third-order valence-corrected chi connectivity index (χ3v) is 4.34. The molecule has 2 heterocycles. The molecule has 0 radical (unpaired) electrons. The molecule has 0 bridgehead atoms. The molecule has 0 saturated carbocycles. The van der Waals surface area contributed by atoms with Gasteiger partial charge in [-0.15, -0.1) is 0 Å². The van der Waals surface area contributed by atoms with Crippen LogP contribution in [0.15, 0.2) is 12.5 Å². The zero-order valence-corrected chi connectivity index (χ0v) is 13.3. The van der Waals surface area contributed by atoms with E-state index in [1.165, 1.54) is 0 Å². The number of aromatic nitrogens is 2. The molecule has 0 aliphatic carbocycles. The number of amides is 1. The molecule has 1 amide bonds. The minimum atomic E-state index is 0.00812. The average Bonchev–Trinajstić information content (AvgIpc) is 2.95. The number of likely N-dealkylation sites (tertiary alicyclic amines) is 1. The van der Waals surface area contributed by atoms with Gasteiger partial charge in [-0.25, -0.2) is 4.98 Å². The molecule has 6 nitrogen and oxygen atoms in total. The average molecular weight is 293 g/mol. The Kier molecular flexibility index (Phi) is 5.36. The van der Waals surface area contributed by atoms with Crippen molar-refractivity contribution in [2.45, 2.75) is 45.3 Å². The third-order valence-electron chi connectivity index (χ3n) is 4.34. The van der Waals surface area contributed by atoms with Gasteiger partial charge in [-0.2, -0.15) is 0 Å². The predicted octanol–water partition coefficient (Wildman–Crippen LogP) is 0.787. The first-order chi connectivity index (χ1) is 10.0. The third kappa shape index (κ3) is 3.83. The van der Waals surface area contributed by atoms with E-state index >= 15 is 0 Å². The van der Waals surface area contributed by atoms with Crippen molar-refractivity contribution in [1.82, 2.24) is 19.4 Å². The summed E-state index contributed by atoms with van der Waals surface area (Å²) in [5.41, 5.74) is 6.02. The summed E-state index contributed by atoms with van der Waals surface area (Å²) >= 11 is 0. The molecule has 0 atom stereocenters. The second kappa shape index (κ2) is 7.04. The van der Waals surface area contributed by atoms with E-state index in [-0.39, 0.29) is 5.91 Å². The van der Waals surface area contributed by atoms with Gasteiger partial charge in [-0.05, 0) is 26.7 Å². The van der Waals surface area contributed by atoms with Crippen LogP contribution in [0.25, 0.3) is 0 Å². The normalized spacial score (nSPS) is 17.4. The van der Waals surface area contributed by atoms with E-state index in [0.29, 0.717) is 30.9 Å². The second-order valence-electron chi connectivity index (χ2n) is 6.06. The van der Waals surface area contributed by atoms with Crippen molar-refractivity contribution in [1.29, 1.82) is 0 Å². The Morgan fingerprint density at radius 3 is 2.71 bits per heavy atom. The van der Waals surface area contributed by atoms with Crippen LogP contribution in [0.5, 0.6) is 0 Å². The van der Waals surface area contributed by atoms with Crippen LogP contribution in [0.1, 0.15) is 37.2 Å². The first-order valence-electron chi connectivity index (χ1n) is 7.76. The van der Waals surface area contributed by atoms with Gasteiger partial charge >= 0.3 is 0 Å².